The van der Waals surface area contributed by atoms with E-state index in [4.69, 9.17) is 5.11 Å². The summed E-state index contributed by atoms with van der Waals surface area (Å²) in [4.78, 5) is 26.0. The Morgan fingerprint density at radius 3 is 2.80 bits per heavy atom. The molecule has 1 heterocycles. The van der Waals surface area contributed by atoms with E-state index in [9.17, 15) is 14.9 Å². The molecule has 20 heavy (non-hydrogen) atoms. The van der Waals surface area contributed by atoms with Crippen LogP contribution in [0.4, 0.5) is 5.69 Å². The third-order valence-electron chi connectivity index (χ3n) is 2.33. The first-order chi connectivity index (χ1) is 9.49. The molecule has 0 saturated heterocycles. The summed E-state index contributed by atoms with van der Waals surface area (Å²) in [6.45, 7) is 0. The van der Waals surface area contributed by atoms with Gasteiger partial charge in [0.25, 0.3) is 5.69 Å². The van der Waals surface area contributed by atoms with Gasteiger partial charge in [-0.3, -0.25) is 10.1 Å². The molecule has 0 unspecified atom stereocenters. The second-order valence-electron chi connectivity index (χ2n) is 3.63. The summed E-state index contributed by atoms with van der Waals surface area (Å²) in [5, 5.41) is 20.3. The molecule has 0 bridgehead atoms. The highest BCUT2D eigenvalue weighted by molar-refractivity contribution is 14.1. The van der Waals surface area contributed by atoms with Crippen molar-refractivity contribution in [1.82, 2.24) is 4.98 Å². The van der Waals surface area contributed by atoms with E-state index in [2.05, 4.69) is 4.98 Å². The van der Waals surface area contributed by atoms with Crippen molar-refractivity contribution in [2.75, 3.05) is 0 Å². The van der Waals surface area contributed by atoms with Gasteiger partial charge in [-0.1, -0.05) is 11.8 Å². The average molecular weight is 402 g/mol. The fourth-order valence-electron chi connectivity index (χ4n) is 1.46. The van der Waals surface area contributed by atoms with Gasteiger partial charge in [0.1, 0.15) is 5.03 Å². The zero-order valence-electron chi connectivity index (χ0n) is 9.82. The number of nitro groups is 1. The Labute approximate surface area is 131 Å². The Bertz CT molecular complexity index is 693. The van der Waals surface area contributed by atoms with Gasteiger partial charge in [0.05, 0.1) is 15.4 Å². The number of aromatic carboxylic acids is 1. The van der Waals surface area contributed by atoms with Gasteiger partial charge in [0, 0.05) is 15.8 Å². The van der Waals surface area contributed by atoms with E-state index in [0.29, 0.717) is 4.90 Å². The van der Waals surface area contributed by atoms with Gasteiger partial charge < -0.3 is 5.11 Å². The monoisotopic (exact) mass is 402 g/mol. The van der Waals surface area contributed by atoms with E-state index in [0.717, 1.165) is 15.3 Å². The minimum absolute atomic E-state index is 0.0188. The molecule has 1 N–H and O–H groups in total. The fourth-order valence-corrected chi connectivity index (χ4v) is 2.89. The second kappa shape index (κ2) is 6.18. The summed E-state index contributed by atoms with van der Waals surface area (Å²) >= 11 is 2.95. The number of nitrogens with zero attached hydrogens (tertiary/aromatic N) is 2. The highest BCUT2D eigenvalue weighted by atomic mass is 127. The number of aromatic nitrogens is 1. The molecule has 0 amide bonds. The minimum Gasteiger partial charge on any atom is -0.478 e. The molecule has 0 aliphatic rings. The van der Waals surface area contributed by atoms with Crippen molar-refractivity contribution < 1.29 is 14.8 Å². The quantitative estimate of drug-likeness (QED) is 0.479. The number of rotatable bonds is 4. The molecule has 0 aliphatic carbocycles. The molecule has 0 fully saturated rings. The molecule has 102 valence electrons. The van der Waals surface area contributed by atoms with Crippen LogP contribution in [0.2, 0.25) is 0 Å². The van der Waals surface area contributed by atoms with Gasteiger partial charge in [0.15, 0.2) is 0 Å². The molecule has 1 aromatic carbocycles. The standard InChI is InChI=1S/C12H7IN2O4S/c13-7-3-4-10(9(6-7)15(18)19)20-11-8(12(16)17)2-1-5-14-11/h1-6H,(H,16,17). The Hall–Kier alpha value is -1.68. The van der Waals surface area contributed by atoms with E-state index < -0.39 is 10.9 Å². The van der Waals surface area contributed by atoms with Gasteiger partial charge in [-0.25, -0.2) is 9.78 Å². The van der Waals surface area contributed by atoms with Crippen LogP contribution >= 0.6 is 34.4 Å². The van der Waals surface area contributed by atoms with Gasteiger partial charge in [0.2, 0.25) is 0 Å². The first kappa shape index (κ1) is 14.7. The normalized spacial score (nSPS) is 10.2. The fraction of sp³-hybridized carbons (Fsp3) is 0. The third kappa shape index (κ3) is 3.25. The van der Waals surface area contributed by atoms with Gasteiger partial charge >= 0.3 is 5.97 Å². The van der Waals surface area contributed by atoms with Crippen LogP contribution in [-0.4, -0.2) is 21.0 Å². The molecular weight excluding hydrogens is 395 g/mol. The maximum Gasteiger partial charge on any atom is 0.338 e. The Morgan fingerprint density at radius 1 is 1.40 bits per heavy atom. The van der Waals surface area contributed by atoms with Crippen molar-refractivity contribution >= 4 is 46.0 Å². The Balaban J connectivity index is 2.45. The first-order valence-corrected chi connectivity index (χ1v) is 7.18. The maximum atomic E-state index is 11.1. The molecule has 2 rings (SSSR count). The molecule has 6 nitrogen and oxygen atoms in total. The second-order valence-corrected chi connectivity index (χ2v) is 5.91. The number of benzene rings is 1. The lowest BCUT2D eigenvalue weighted by molar-refractivity contribution is -0.387. The Morgan fingerprint density at radius 2 is 2.15 bits per heavy atom. The van der Waals surface area contributed by atoms with E-state index in [-0.39, 0.29) is 16.3 Å². The van der Waals surface area contributed by atoms with Crippen LogP contribution < -0.4 is 0 Å². The van der Waals surface area contributed by atoms with E-state index >= 15 is 0 Å². The van der Waals surface area contributed by atoms with Crippen LogP contribution in [0.15, 0.2) is 46.5 Å². The average Bonchev–Trinajstić information content (AvgIpc) is 2.41. The van der Waals surface area contributed by atoms with Crippen LogP contribution in [0.5, 0.6) is 0 Å². The molecule has 0 radical (unpaired) electrons. The molecule has 0 saturated carbocycles. The third-order valence-corrected chi connectivity index (χ3v) is 4.08. The predicted molar refractivity (Wildman–Crippen MR) is 81.1 cm³/mol. The number of hydrogen-bond donors (Lipinski definition) is 1. The lowest BCUT2D eigenvalue weighted by Gasteiger charge is -2.05. The van der Waals surface area contributed by atoms with E-state index in [1.165, 1.54) is 24.4 Å². The number of pyridine rings is 1. The van der Waals surface area contributed by atoms with Crippen molar-refractivity contribution in [3.63, 3.8) is 0 Å². The van der Waals surface area contributed by atoms with Crippen LogP contribution in [-0.2, 0) is 0 Å². The molecule has 0 aliphatic heterocycles. The van der Waals surface area contributed by atoms with Crippen molar-refractivity contribution in [2.24, 2.45) is 0 Å². The van der Waals surface area contributed by atoms with Gasteiger partial charge in [-0.15, -0.1) is 0 Å². The highest BCUT2D eigenvalue weighted by Gasteiger charge is 2.19. The van der Waals surface area contributed by atoms with Crippen LogP contribution in [0.25, 0.3) is 0 Å². The summed E-state index contributed by atoms with van der Waals surface area (Å²) in [6, 6.07) is 7.67. The van der Waals surface area contributed by atoms with E-state index in [1.807, 2.05) is 22.6 Å². The summed E-state index contributed by atoms with van der Waals surface area (Å²) in [5.41, 5.74) is -0.0470. The van der Waals surface area contributed by atoms with Gasteiger partial charge in [-0.05, 0) is 46.9 Å². The lowest BCUT2D eigenvalue weighted by Crippen LogP contribution is -2.00. The van der Waals surface area contributed by atoms with Crippen LogP contribution in [0, 0.1) is 13.7 Å². The maximum absolute atomic E-state index is 11.1. The summed E-state index contributed by atoms with van der Waals surface area (Å²) in [5.74, 6) is -1.12. The number of carboxylic acids is 1. The zero-order chi connectivity index (χ0) is 14.7. The molecule has 1 aromatic heterocycles. The number of carbonyl (C=O) groups is 1. The lowest BCUT2D eigenvalue weighted by atomic mass is 10.3. The first-order valence-electron chi connectivity index (χ1n) is 5.29. The zero-order valence-corrected chi connectivity index (χ0v) is 12.8. The number of halogens is 1. The van der Waals surface area contributed by atoms with Crippen LogP contribution in [0.1, 0.15) is 10.4 Å². The number of hydrogen-bond acceptors (Lipinski definition) is 5. The molecule has 0 spiro atoms. The summed E-state index contributed by atoms with van der Waals surface area (Å²) < 4.78 is 0.734. The van der Waals surface area contributed by atoms with Crippen molar-refractivity contribution in [3.8, 4) is 0 Å². The van der Waals surface area contributed by atoms with Crippen molar-refractivity contribution in [1.29, 1.82) is 0 Å². The SMILES string of the molecule is O=C(O)c1cccnc1Sc1ccc(I)cc1[N+](=O)[O-]. The van der Waals surface area contributed by atoms with Crippen molar-refractivity contribution in [2.45, 2.75) is 9.92 Å². The molecule has 0 atom stereocenters. The molecular formula is C12H7IN2O4S. The predicted octanol–water partition coefficient (Wildman–Crippen LogP) is 3.44. The number of carboxylic acid groups (broad SMARTS) is 1. The van der Waals surface area contributed by atoms with Crippen molar-refractivity contribution in [3.05, 3.63) is 55.8 Å². The van der Waals surface area contributed by atoms with E-state index in [1.54, 1.807) is 12.1 Å². The van der Waals surface area contributed by atoms with Gasteiger partial charge in [-0.2, -0.15) is 0 Å². The number of nitro benzene ring substituents is 1. The Kier molecular flexibility index (Phi) is 4.55. The largest absolute Gasteiger partial charge is 0.478 e. The highest BCUT2D eigenvalue weighted by Crippen LogP contribution is 2.36. The molecule has 8 heteroatoms. The minimum atomic E-state index is -1.12. The van der Waals surface area contributed by atoms with Crippen LogP contribution in [0.3, 0.4) is 0 Å². The summed E-state index contributed by atoms with van der Waals surface area (Å²) in [7, 11) is 0. The summed E-state index contributed by atoms with van der Waals surface area (Å²) in [6.07, 6.45) is 1.45. The topological polar surface area (TPSA) is 93.3 Å². The smallest absolute Gasteiger partial charge is 0.338 e. The molecule has 2 aromatic rings.